The lowest BCUT2D eigenvalue weighted by atomic mass is 10.7. The van der Waals surface area contributed by atoms with Crippen molar-refractivity contribution < 1.29 is 0 Å². The molecule has 1 heterocycles. The van der Waals surface area contributed by atoms with Crippen LogP contribution in [-0.2, 0) is 0 Å². The molecule has 0 spiro atoms. The van der Waals surface area contributed by atoms with Gasteiger partial charge in [0.25, 0.3) is 0 Å². The van der Waals surface area contributed by atoms with Gasteiger partial charge >= 0.3 is 0 Å². The number of aryl methyl sites for hydroxylation is 1. The molecule has 9 heavy (non-hydrogen) atoms. The summed E-state index contributed by atoms with van der Waals surface area (Å²) in [5.74, 6) is 0.830. The first-order valence-corrected chi connectivity index (χ1v) is 2.59. The Bertz CT molecular complexity index is 212. The number of hydrogen-bond donors (Lipinski definition) is 1. The van der Waals surface area contributed by atoms with Gasteiger partial charge in [0.15, 0.2) is 0 Å². The van der Waals surface area contributed by atoms with E-state index in [2.05, 4.69) is 10.2 Å². The molecular weight excluding hydrogens is 116 g/mol. The second-order valence-corrected chi connectivity index (χ2v) is 1.63. The Morgan fingerprint density at radius 1 is 1.78 bits per heavy atom. The SMILES string of the molecule is Cc1nncn1/C=C/N. The van der Waals surface area contributed by atoms with Crippen LogP contribution < -0.4 is 5.73 Å². The van der Waals surface area contributed by atoms with E-state index < -0.39 is 0 Å². The minimum Gasteiger partial charge on any atom is -0.403 e. The maximum Gasteiger partial charge on any atom is 0.133 e. The van der Waals surface area contributed by atoms with Gasteiger partial charge in [0.1, 0.15) is 12.2 Å². The molecule has 4 heteroatoms. The lowest BCUT2D eigenvalue weighted by Crippen LogP contribution is -1.89. The molecular formula is C5H8N4. The van der Waals surface area contributed by atoms with Crippen molar-refractivity contribution in [2.75, 3.05) is 0 Å². The number of rotatable bonds is 1. The average Bonchev–Trinajstić information content (AvgIpc) is 2.18. The maximum atomic E-state index is 5.13. The standard InChI is InChI=1S/C5H8N4/c1-5-8-7-4-9(5)3-2-6/h2-4H,6H2,1H3/b3-2+. The molecule has 1 aromatic heterocycles. The van der Waals surface area contributed by atoms with Gasteiger partial charge in [0.2, 0.25) is 0 Å². The first-order valence-electron chi connectivity index (χ1n) is 2.59. The van der Waals surface area contributed by atoms with E-state index >= 15 is 0 Å². The zero-order valence-electron chi connectivity index (χ0n) is 5.15. The number of aromatic nitrogens is 3. The van der Waals surface area contributed by atoms with Gasteiger partial charge in [0.05, 0.1) is 0 Å². The highest BCUT2D eigenvalue weighted by atomic mass is 15.2. The third-order valence-electron chi connectivity index (χ3n) is 0.999. The van der Waals surface area contributed by atoms with Crippen LogP contribution in [0.25, 0.3) is 6.20 Å². The van der Waals surface area contributed by atoms with Crippen molar-refractivity contribution in [1.82, 2.24) is 14.8 Å². The summed E-state index contributed by atoms with van der Waals surface area (Å²) < 4.78 is 1.74. The Morgan fingerprint density at radius 3 is 3.00 bits per heavy atom. The van der Waals surface area contributed by atoms with Crippen molar-refractivity contribution in [3.05, 3.63) is 18.4 Å². The summed E-state index contributed by atoms with van der Waals surface area (Å²) in [7, 11) is 0. The highest BCUT2D eigenvalue weighted by Crippen LogP contribution is 1.90. The Morgan fingerprint density at radius 2 is 2.56 bits per heavy atom. The van der Waals surface area contributed by atoms with E-state index in [-0.39, 0.29) is 0 Å². The van der Waals surface area contributed by atoms with Crippen LogP contribution in [0, 0.1) is 6.92 Å². The molecule has 0 aliphatic rings. The Hall–Kier alpha value is -1.32. The third kappa shape index (κ3) is 1.07. The molecule has 48 valence electrons. The van der Waals surface area contributed by atoms with Gasteiger partial charge in [-0.3, -0.25) is 4.57 Å². The van der Waals surface area contributed by atoms with Crippen LogP contribution in [-0.4, -0.2) is 14.8 Å². The molecule has 1 aromatic rings. The Labute approximate surface area is 53.0 Å². The smallest absolute Gasteiger partial charge is 0.133 e. The first-order chi connectivity index (χ1) is 4.34. The monoisotopic (exact) mass is 124 g/mol. The zero-order chi connectivity index (χ0) is 6.69. The normalized spacial score (nSPS) is 10.8. The molecule has 0 aliphatic carbocycles. The number of nitrogens with two attached hydrogens (primary N) is 1. The lowest BCUT2D eigenvalue weighted by molar-refractivity contribution is 1.01. The molecule has 0 aromatic carbocycles. The van der Waals surface area contributed by atoms with Crippen LogP contribution in [0.1, 0.15) is 5.82 Å². The van der Waals surface area contributed by atoms with Crippen molar-refractivity contribution in [2.24, 2.45) is 5.73 Å². The highest BCUT2D eigenvalue weighted by molar-refractivity contribution is 5.20. The van der Waals surface area contributed by atoms with Gasteiger partial charge in [0, 0.05) is 12.4 Å². The second-order valence-electron chi connectivity index (χ2n) is 1.63. The predicted octanol–water partition coefficient (Wildman–Crippen LogP) is -0.0266. The molecule has 0 atom stereocenters. The summed E-state index contributed by atoms with van der Waals surface area (Å²) in [6, 6.07) is 0. The van der Waals surface area contributed by atoms with Gasteiger partial charge in [-0.25, -0.2) is 0 Å². The summed E-state index contributed by atoms with van der Waals surface area (Å²) in [5, 5.41) is 7.39. The second kappa shape index (κ2) is 2.30. The van der Waals surface area contributed by atoms with E-state index in [1.165, 1.54) is 6.20 Å². The average molecular weight is 124 g/mol. The van der Waals surface area contributed by atoms with Crippen LogP contribution in [0.5, 0.6) is 0 Å². The molecule has 2 N–H and O–H groups in total. The van der Waals surface area contributed by atoms with Crippen molar-refractivity contribution in [3.8, 4) is 0 Å². The van der Waals surface area contributed by atoms with Gasteiger partial charge in [-0.15, -0.1) is 10.2 Å². The minimum atomic E-state index is 0.830. The number of hydrogen-bond acceptors (Lipinski definition) is 3. The maximum absolute atomic E-state index is 5.13. The summed E-state index contributed by atoms with van der Waals surface area (Å²) in [6.07, 6.45) is 4.73. The summed E-state index contributed by atoms with van der Waals surface area (Å²) in [6.45, 7) is 1.85. The molecule has 0 fully saturated rings. The highest BCUT2D eigenvalue weighted by Gasteiger charge is 1.89. The fourth-order valence-corrected chi connectivity index (χ4v) is 0.539. The van der Waals surface area contributed by atoms with Gasteiger partial charge < -0.3 is 5.73 Å². The van der Waals surface area contributed by atoms with Crippen LogP contribution in [0.15, 0.2) is 12.5 Å². The third-order valence-corrected chi connectivity index (χ3v) is 0.999. The molecule has 0 radical (unpaired) electrons. The molecule has 0 unspecified atom stereocenters. The van der Waals surface area contributed by atoms with E-state index in [1.807, 2.05) is 6.92 Å². The lowest BCUT2D eigenvalue weighted by Gasteiger charge is -1.89. The molecule has 0 saturated heterocycles. The van der Waals surface area contributed by atoms with Crippen LogP contribution >= 0.6 is 0 Å². The Kier molecular flexibility index (Phi) is 1.48. The minimum absolute atomic E-state index is 0.830. The van der Waals surface area contributed by atoms with E-state index in [9.17, 15) is 0 Å². The quantitative estimate of drug-likeness (QED) is 0.572. The zero-order valence-corrected chi connectivity index (χ0v) is 5.15. The van der Waals surface area contributed by atoms with Crippen LogP contribution in [0.2, 0.25) is 0 Å². The molecule has 0 aliphatic heterocycles. The van der Waals surface area contributed by atoms with Gasteiger partial charge in [-0.05, 0) is 6.92 Å². The van der Waals surface area contributed by atoms with E-state index in [4.69, 9.17) is 5.73 Å². The molecule has 0 bridgehead atoms. The molecule has 0 amide bonds. The van der Waals surface area contributed by atoms with Gasteiger partial charge in [-0.2, -0.15) is 0 Å². The predicted molar refractivity (Wildman–Crippen MR) is 34.3 cm³/mol. The summed E-state index contributed by atoms with van der Waals surface area (Å²) in [5.41, 5.74) is 5.13. The molecule has 1 rings (SSSR count). The first kappa shape index (κ1) is 5.81. The fourth-order valence-electron chi connectivity index (χ4n) is 0.539. The summed E-state index contributed by atoms with van der Waals surface area (Å²) in [4.78, 5) is 0. The summed E-state index contributed by atoms with van der Waals surface area (Å²) >= 11 is 0. The largest absolute Gasteiger partial charge is 0.403 e. The molecule has 4 nitrogen and oxygen atoms in total. The Balaban J connectivity index is 2.94. The van der Waals surface area contributed by atoms with Crippen molar-refractivity contribution in [3.63, 3.8) is 0 Å². The number of nitrogens with zero attached hydrogens (tertiary/aromatic N) is 3. The van der Waals surface area contributed by atoms with Crippen LogP contribution in [0.3, 0.4) is 0 Å². The van der Waals surface area contributed by atoms with E-state index in [0.717, 1.165) is 5.82 Å². The van der Waals surface area contributed by atoms with Crippen molar-refractivity contribution in [1.29, 1.82) is 0 Å². The van der Waals surface area contributed by atoms with E-state index in [0.29, 0.717) is 0 Å². The van der Waals surface area contributed by atoms with Crippen molar-refractivity contribution in [2.45, 2.75) is 6.92 Å². The van der Waals surface area contributed by atoms with Crippen molar-refractivity contribution >= 4 is 6.20 Å². The van der Waals surface area contributed by atoms with Gasteiger partial charge in [-0.1, -0.05) is 0 Å². The van der Waals surface area contributed by atoms with E-state index in [1.54, 1.807) is 17.1 Å². The molecule has 0 saturated carbocycles. The topological polar surface area (TPSA) is 56.7 Å². The van der Waals surface area contributed by atoms with Crippen LogP contribution in [0.4, 0.5) is 0 Å². The fraction of sp³-hybridized carbons (Fsp3) is 0.200.